The van der Waals surface area contributed by atoms with E-state index in [2.05, 4.69) is 41.3 Å². The zero-order valence-electron chi connectivity index (χ0n) is 13.4. The molecule has 0 aromatic carbocycles. The van der Waals surface area contributed by atoms with E-state index in [-0.39, 0.29) is 11.1 Å². The number of anilines is 1. The topological polar surface area (TPSA) is 75.1 Å². The molecule has 0 bridgehead atoms. The van der Waals surface area contributed by atoms with Crippen LogP contribution in [0.15, 0.2) is 10.9 Å². The lowest BCUT2D eigenvalue weighted by molar-refractivity contribution is 0.342. The third-order valence-corrected chi connectivity index (χ3v) is 3.78. The Morgan fingerprint density at radius 3 is 2.86 bits per heavy atom. The Morgan fingerprint density at radius 1 is 1.38 bits per heavy atom. The highest BCUT2D eigenvalue weighted by molar-refractivity contribution is 5.49. The number of aromatic nitrogens is 4. The van der Waals surface area contributed by atoms with Crippen LogP contribution in [0.1, 0.15) is 52.3 Å². The summed E-state index contributed by atoms with van der Waals surface area (Å²) in [6.45, 7) is 9.41. The minimum atomic E-state index is -0.249. The lowest BCUT2D eigenvalue weighted by atomic mass is 9.87. The van der Waals surface area contributed by atoms with Gasteiger partial charge in [-0.25, -0.2) is 19.3 Å². The molecule has 0 amide bonds. The number of nitrogens with one attached hydrogen (secondary N) is 2. The van der Waals surface area contributed by atoms with Gasteiger partial charge in [0.2, 0.25) is 0 Å². The van der Waals surface area contributed by atoms with Crippen molar-refractivity contribution in [2.24, 2.45) is 5.41 Å². The Morgan fingerprint density at radius 2 is 2.14 bits per heavy atom. The number of aromatic amines is 1. The van der Waals surface area contributed by atoms with Crippen LogP contribution in [-0.2, 0) is 0 Å². The van der Waals surface area contributed by atoms with Gasteiger partial charge in [-0.05, 0) is 18.8 Å². The van der Waals surface area contributed by atoms with E-state index in [4.69, 9.17) is 0 Å². The molecule has 6 nitrogen and oxygen atoms in total. The molecule has 0 aliphatic heterocycles. The summed E-state index contributed by atoms with van der Waals surface area (Å²) in [5.41, 5.74) is 0.572. The van der Waals surface area contributed by atoms with Crippen molar-refractivity contribution in [3.63, 3.8) is 0 Å². The molecule has 2 aromatic heterocycles. The SMILES string of the molecule is CCCCCC(C)(C)CNc1cc2n[nH]c(=O)n2c(C)n1. The van der Waals surface area contributed by atoms with E-state index < -0.39 is 0 Å². The van der Waals surface area contributed by atoms with Crippen molar-refractivity contribution >= 4 is 11.5 Å². The first-order valence-corrected chi connectivity index (χ1v) is 7.61. The molecule has 0 spiro atoms. The van der Waals surface area contributed by atoms with Gasteiger partial charge >= 0.3 is 5.69 Å². The van der Waals surface area contributed by atoms with Crippen LogP contribution in [0.3, 0.4) is 0 Å². The smallest absolute Gasteiger partial charge is 0.349 e. The fourth-order valence-electron chi connectivity index (χ4n) is 2.46. The molecule has 2 N–H and O–H groups in total. The molecule has 0 radical (unpaired) electrons. The van der Waals surface area contributed by atoms with Gasteiger partial charge in [0.25, 0.3) is 0 Å². The molecular weight excluding hydrogens is 266 g/mol. The first kappa shape index (κ1) is 15.5. The molecule has 0 aliphatic rings. The van der Waals surface area contributed by atoms with Crippen molar-refractivity contribution < 1.29 is 0 Å². The Kier molecular flexibility index (Phi) is 4.65. The van der Waals surface area contributed by atoms with Gasteiger partial charge in [-0.1, -0.05) is 40.0 Å². The third-order valence-electron chi connectivity index (χ3n) is 3.78. The Balaban J connectivity index is 2.05. The average Bonchev–Trinajstić information content (AvgIpc) is 2.79. The van der Waals surface area contributed by atoms with Crippen molar-refractivity contribution in [3.05, 3.63) is 22.4 Å². The minimum absolute atomic E-state index is 0.224. The highest BCUT2D eigenvalue weighted by atomic mass is 16.1. The Bertz CT molecular complexity index is 656. The molecule has 0 saturated heterocycles. The Hall–Kier alpha value is -1.85. The number of aryl methyl sites for hydroxylation is 1. The summed E-state index contributed by atoms with van der Waals surface area (Å²) < 4.78 is 1.47. The minimum Gasteiger partial charge on any atom is -0.369 e. The second kappa shape index (κ2) is 6.28. The number of hydrogen-bond donors (Lipinski definition) is 2. The largest absolute Gasteiger partial charge is 0.369 e. The predicted molar refractivity (Wildman–Crippen MR) is 84.8 cm³/mol. The van der Waals surface area contributed by atoms with Gasteiger partial charge in [0, 0.05) is 12.6 Å². The van der Waals surface area contributed by atoms with E-state index >= 15 is 0 Å². The summed E-state index contributed by atoms with van der Waals surface area (Å²) in [7, 11) is 0. The monoisotopic (exact) mass is 291 g/mol. The van der Waals surface area contributed by atoms with Crippen molar-refractivity contribution in [2.45, 2.75) is 53.4 Å². The van der Waals surface area contributed by atoms with Crippen LogP contribution in [0.2, 0.25) is 0 Å². The second-order valence-corrected chi connectivity index (χ2v) is 6.39. The van der Waals surface area contributed by atoms with E-state index in [1.807, 2.05) is 6.92 Å². The fourth-order valence-corrected chi connectivity index (χ4v) is 2.46. The molecule has 2 aromatic rings. The van der Waals surface area contributed by atoms with Gasteiger partial charge < -0.3 is 5.32 Å². The molecule has 0 saturated carbocycles. The Labute approximate surface area is 125 Å². The molecular formula is C15H25N5O. The maximum absolute atomic E-state index is 11.6. The average molecular weight is 291 g/mol. The molecule has 2 heterocycles. The van der Waals surface area contributed by atoms with Crippen LogP contribution < -0.4 is 11.0 Å². The molecule has 0 aliphatic carbocycles. The highest BCUT2D eigenvalue weighted by Crippen LogP contribution is 2.24. The zero-order valence-corrected chi connectivity index (χ0v) is 13.4. The van der Waals surface area contributed by atoms with E-state index in [1.165, 1.54) is 30.1 Å². The number of fused-ring (bicyclic) bond motifs is 1. The first-order valence-electron chi connectivity index (χ1n) is 7.61. The van der Waals surface area contributed by atoms with Crippen molar-refractivity contribution in [2.75, 3.05) is 11.9 Å². The lowest BCUT2D eigenvalue weighted by Gasteiger charge is -2.25. The normalized spacial score (nSPS) is 12.0. The van der Waals surface area contributed by atoms with Gasteiger partial charge in [0.15, 0.2) is 5.65 Å². The van der Waals surface area contributed by atoms with E-state index in [1.54, 1.807) is 6.07 Å². The van der Waals surface area contributed by atoms with Crippen LogP contribution in [0, 0.1) is 12.3 Å². The van der Waals surface area contributed by atoms with Crippen molar-refractivity contribution in [1.82, 2.24) is 19.6 Å². The van der Waals surface area contributed by atoms with Gasteiger partial charge in [0.1, 0.15) is 11.6 Å². The number of H-pyrrole nitrogens is 1. The summed E-state index contributed by atoms with van der Waals surface area (Å²) in [5, 5.41) is 9.80. The summed E-state index contributed by atoms with van der Waals surface area (Å²) in [6.07, 6.45) is 4.97. The zero-order chi connectivity index (χ0) is 15.5. The summed E-state index contributed by atoms with van der Waals surface area (Å²) in [6, 6.07) is 1.80. The van der Waals surface area contributed by atoms with Gasteiger partial charge in [-0.2, -0.15) is 5.10 Å². The second-order valence-electron chi connectivity index (χ2n) is 6.39. The van der Waals surface area contributed by atoms with Crippen LogP contribution in [0.25, 0.3) is 5.65 Å². The van der Waals surface area contributed by atoms with Gasteiger partial charge in [0.05, 0.1) is 0 Å². The molecule has 116 valence electrons. The van der Waals surface area contributed by atoms with E-state index in [9.17, 15) is 4.79 Å². The standard InChI is InChI=1S/C15H25N5O/c1-5-6-7-8-15(3,4)10-16-12-9-13-18-19-14(21)20(13)11(2)17-12/h9,16H,5-8,10H2,1-4H3,(H,19,21). The maximum Gasteiger partial charge on any atom is 0.349 e. The van der Waals surface area contributed by atoms with Crippen LogP contribution in [0.5, 0.6) is 0 Å². The molecule has 0 unspecified atom stereocenters. The molecule has 2 rings (SSSR count). The fraction of sp³-hybridized carbons (Fsp3) is 0.667. The summed E-state index contributed by atoms with van der Waals surface area (Å²) in [5.74, 6) is 1.40. The van der Waals surface area contributed by atoms with Crippen molar-refractivity contribution in [3.8, 4) is 0 Å². The molecule has 0 atom stereocenters. The van der Waals surface area contributed by atoms with Crippen LogP contribution >= 0.6 is 0 Å². The van der Waals surface area contributed by atoms with Gasteiger partial charge in [-0.3, -0.25) is 0 Å². The number of hydrogen-bond acceptors (Lipinski definition) is 4. The molecule has 0 fully saturated rings. The molecule has 6 heteroatoms. The van der Waals surface area contributed by atoms with Gasteiger partial charge in [-0.15, -0.1) is 0 Å². The van der Waals surface area contributed by atoms with Crippen LogP contribution in [-0.4, -0.2) is 26.1 Å². The highest BCUT2D eigenvalue weighted by Gasteiger charge is 2.17. The first-order chi connectivity index (χ1) is 9.93. The molecule has 21 heavy (non-hydrogen) atoms. The lowest BCUT2D eigenvalue weighted by Crippen LogP contribution is -2.24. The third kappa shape index (κ3) is 3.83. The quantitative estimate of drug-likeness (QED) is 0.769. The van der Waals surface area contributed by atoms with E-state index in [0.717, 1.165) is 12.4 Å². The number of rotatable bonds is 7. The number of unbranched alkanes of at least 4 members (excludes halogenated alkanes) is 2. The predicted octanol–water partition coefficient (Wildman–Crippen LogP) is 2.74. The summed E-state index contributed by atoms with van der Waals surface area (Å²) in [4.78, 5) is 16.0. The summed E-state index contributed by atoms with van der Waals surface area (Å²) >= 11 is 0. The number of nitrogens with zero attached hydrogens (tertiary/aromatic N) is 3. The van der Waals surface area contributed by atoms with Crippen LogP contribution in [0.4, 0.5) is 5.82 Å². The van der Waals surface area contributed by atoms with E-state index in [0.29, 0.717) is 11.5 Å². The maximum atomic E-state index is 11.6. The van der Waals surface area contributed by atoms with Crippen molar-refractivity contribution in [1.29, 1.82) is 0 Å².